The highest BCUT2D eigenvalue weighted by Gasteiger charge is 2.02. The molecule has 0 atom stereocenters. The van der Waals surface area contributed by atoms with Gasteiger partial charge in [0, 0.05) is 12.0 Å². The number of hydrogen-bond donors (Lipinski definition) is 0. The summed E-state index contributed by atoms with van der Waals surface area (Å²) in [4.78, 5) is 11.4. The molecule has 0 bridgehead atoms. The van der Waals surface area contributed by atoms with Crippen molar-refractivity contribution in [3.8, 4) is 0 Å². The second-order valence-electron chi connectivity index (χ2n) is 3.61. The fourth-order valence-electron chi connectivity index (χ4n) is 1.34. The van der Waals surface area contributed by atoms with E-state index in [1.54, 1.807) is 6.08 Å². The summed E-state index contributed by atoms with van der Waals surface area (Å²) in [5.41, 5.74) is 0.642. The lowest BCUT2D eigenvalue weighted by Gasteiger charge is -2.00. The number of Topliss-reactive ketones (excluding diaryl/α,β-unsaturated/α-hetero) is 1. The summed E-state index contributed by atoms with van der Waals surface area (Å²) in [6.45, 7) is 7.82. The molecule has 0 aliphatic heterocycles. The van der Waals surface area contributed by atoms with Crippen LogP contribution < -0.4 is 0 Å². The molecule has 0 aromatic heterocycles. The largest absolute Gasteiger partial charge is 0.294 e. The standard InChI is InChI=1S/C13H22O/c1-4-6-7-8-9-11-13(14)12(3)10-5-2/h5,10H,3-4,6-9,11H2,1-2H3. The van der Waals surface area contributed by atoms with Crippen molar-refractivity contribution in [3.05, 3.63) is 24.3 Å². The molecule has 0 saturated carbocycles. The monoisotopic (exact) mass is 194 g/mol. The van der Waals surface area contributed by atoms with Gasteiger partial charge in [-0.1, -0.05) is 51.3 Å². The van der Waals surface area contributed by atoms with Gasteiger partial charge in [0.1, 0.15) is 0 Å². The van der Waals surface area contributed by atoms with E-state index >= 15 is 0 Å². The zero-order valence-corrected chi connectivity index (χ0v) is 9.51. The quantitative estimate of drug-likeness (QED) is 0.323. The molecule has 14 heavy (non-hydrogen) atoms. The molecule has 0 unspecified atom stereocenters. The van der Waals surface area contributed by atoms with Crippen molar-refractivity contribution in [1.82, 2.24) is 0 Å². The molecule has 1 nitrogen and oxygen atoms in total. The van der Waals surface area contributed by atoms with Crippen molar-refractivity contribution in [2.24, 2.45) is 0 Å². The average Bonchev–Trinajstić information content (AvgIpc) is 2.17. The summed E-state index contributed by atoms with van der Waals surface area (Å²) in [6.07, 6.45) is 10.3. The Bertz CT molecular complexity index is 201. The molecule has 0 fully saturated rings. The van der Waals surface area contributed by atoms with Gasteiger partial charge in [-0.15, -0.1) is 0 Å². The maximum atomic E-state index is 11.4. The SMILES string of the molecule is C=C(C=CC)C(=O)CCCCCCC. The minimum absolute atomic E-state index is 0.194. The zero-order chi connectivity index (χ0) is 10.8. The molecule has 0 aromatic rings. The Labute approximate surface area is 87.9 Å². The zero-order valence-electron chi connectivity index (χ0n) is 9.51. The molecule has 0 saturated heterocycles. The highest BCUT2D eigenvalue weighted by atomic mass is 16.1. The lowest BCUT2D eigenvalue weighted by atomic mass is 10.0. The second kappa shape index (κ2) is 8.74. The molecule has 0 aliphatic rings. The molecule has 0 N–H and O–H groups in total. The Morgan fingerprint density at radius 2 is 1.86 bits per heavy atom. The van der Waals surface area contributed by atoms with E-state index in [2.05, 4.69) is 13.5 Å². The van der Waals surface area contributed by atoms with Crippen LogP contribution in [0.2, 0.25) is 0 Å². The van der Waals surface area contributed by atoms with Gasteiger partial charge < -0.3 is 0 Å². The third kappa shape index (κ3) is 6.64. The van der Waals surface area contributed by atoms with Crippen LogP contribution in [0.3, 0.4) is 0 Å². The number of carbonyl (C=O) groups is 1. The van der Waals surface area contributed by atoms with Gasteiger partial charge in [-0.3, -0.25) is 4.79 Å². The van der Waals surface area contributed by atoms with Gasteiger partial charge in [0.25, 0.3) is 0 Å². The van der Waals surface area contributed by atoms with Crippen LogP contribution in [0.4, 0.5) is 0 Å². The fraction of sp³-hybridized carbons (Fsp3) is 0.615. The summed E-state index contributed by atoms with van der Waals surface area (Å²) in [5.74, 6) is 0.194. The predicted molar refractivity (Wildman–Crippen MR) is 62.3 cm³/mol. The van der Waals surface area contributed by atoms with E-state index in [-0.39, 0.29) is 5.78 Å². The minimum Gasteiger partial charge on any atom is -0.294 e. The third-order valence-electron chi connectivity index (χ3n) is 2.23. The minimum atomic E-state index is 0.194. The molecule has 0 amide bonds. The van der Waals surface area contributed by atoms with Crippen LogP contribution in [0.15, 0.2) is 24.3 Å². The van der Waals surface area contributed by atoms with Gasteiger partial charge in [-0.2, -0.15) is 0 Å². The van der Waals surface area contributed by atoms with Crippen molar-refractivity contribution in [3.63, 3.8) is 0 Å². The smallest absolute Gasteiger partial charge is 0.162 e. The highest BCUT2D eigenvalue weighted by Crippen LogP contribution is 2.08. The van der Waals surface area contributed by atoms with Crippen LogP contribution in [0, 0.1) is 0 Å². The van der Waals surface area contributed by atoms with E-state index in [0.29, 0.717) is 12.0 Å². The van der Waals surface area contributed by atoms with Crippen molar-refractivity contribution in [2.45, 2.75) is 52.4 Å². The Balaban J connectivity index is 3.49. The Kier molecular flexibility index (Phi) is 8.20. The number of carbonyl (C=O) groups excluding carboxylic acids is 1. The Hall–Kier alpha value is -0.850. The molecule has 1 heteroatoms. The topological polar surface area (TPSA) is 17.1 Å². The van der Waals surface area contributed by atoms with E-state index < -0.39 is 0 Å². The summed E-state index contributed by atoms with van der Waals surface area (Å²) in [6, 6.07) is 0. The first-order chi connectivity index (χ1) is 6.72. The van der Waals surface area contributed by atoms with Gasteiger partial charge in [0.15, 0.2) is 5.78 Å². The first-order valence-electron chi connectivity index (χ1n) is 5.57. The third-order valence-corrected chi connectivity index (χ3v) is 2.23. The first-order valence-corrected chi connectivity index (χ1v) is 5.57. The first kappa shape index (κ1) is 13.2. The summed E-state index contributed by atoms with van der Waals surface area (Å²) >= 11 is 0. The van der Waals surface area contributed by atoms with E-state index in [9.17, 15) is 4.79 Å². The van der Waals surface area contributed by atoms with Gasteiger partial charge in [0.05, 0.1) is 0 Å². The van der Waals surface area contributed by atoms with Crippen molar-refractivity contribution >= 4 is 5.78 Å². The van der Waals surface area contributed by atoms with E-state index in [4.69, 9.17) is 0 Å². The van der Waals surface area contributed by atoms with Crippen molar-refractivity contribution < 1.29 is 4.79 Å². The van der Waals surface area contributed by atoms with Crippen LogP contribution in [0.5, 0.6) is 0 Å². The fourth-order valence-corrected chi connectivity index (χ4v) is 1.34. The lowest BCUT2D eigenvalue weighted by Crippen LogP contribution is -1.98. The highest BCUT2D eigenvalue weighted by molar-refractivity contribution is 5.97. The summed E-state index contributed by atoms with van der Waals surface area (Å²) in [7, 11) is 0. The van der Waals surface area contributed by atoms with Crippen molar-refractivity contribution in [2.75, 3.05) is 0 Å². The van der Waals surface area contributed by atoms with Crippen LogP contribution in [-0.4, -0.2) is 5.78 Å². The van der Waals surface area contributed by atoms with Gasteiger partial charge >= 0.3 is 0 Å². The molecule has 0 rings (SSSR count). The maximum absolute atomic E-state index is 11.4. The van der Waals surface area contributed by atoms with Crippen LogP contribution >= 0.6 is 0 Å². The number of rotatable bonds is 8. The Morgan fingerprint density at radius 1 is 1.21 bits per heavy atom. The normalized spacial score (nSPS) is 10.7. The van der Waals surface area contributed by atoms with Crippen LogP contribution in [0.1, 0.15) is 52.4 Å². The molecule has 0 heterocycles. The average molecular weight is 194 g/mol. The number of allylic oxidation sites excluding steroid dienone is 3. The van der Waals surface area contributed by atoms with E-state index in [0.717, 1.165) is 6.42 Å². The molecule has 0 aliphatic carbocycles. The predicted octanol–water partition coefficient (Wildman–Crippen LogP) is 4.05. The van der Waals surface area contributed by atoms with E-state index in [1.807, 2.05) is 13.0 Å². The van der Waals surface area contributed by atoms with Gasteiger partial charge in [-0.25, -0.2) is 0 Å². The summed E-state index contributed by atoms with van der Waals surface area (Å²) in [5, 5.41) is 0. The van der Waals surface area contributed by atoms with E-state index in [1.165, 1.54) is 25.7 Å². The van der Waals surface area contributed by atoms with Crippen LogP contribution in [0.25, 0.3) is 0 Å². The molecule has 0 radical (unpaired) electrons. The molecule has 80 valence electrons. The molecule has 0 spiro atoms. The lowest BCUT2D eigenvalue weighted by molar-refractivity contribution is -0.115. The second-order valence-corrected chi connectivity index (χ2v) is 3.61. The number of unbranched alkanes of at least 4 members (excludes halogenated alkanes) is 4. The van der Waals surface area contributed by atoms with Gasteiger partial charge in [-0.05, 0) is 13.3 Å². The van der Waals surface area contributed by atoms with Crippen LogP contribution in [-0.2, 0) is 4.79 Å². The van der Waals surface area contributed by atoms with Gasteiger partial charge in [0.2, 0.25) is 0 Å². The molecular formula is C13H22O. The summed E-state index contributed by atoms with van der Waals surface area (Å²) < 4.78 is 0. The number of hydrogen-bond acceptors (Lipinski definition) is 1. The number of ketones is 1. The molecule has 0 aromatic carbocycles. The van der Waals surface area contributed by atoms with Crippen molar-refractivity contribution in [1.29, 1.82) is 0 Å². The Morgan fingerprint density at radius 3 is 2.43 bits per heavy atom. The molecular weight excluding hydrogens is 172 g/mol. The maximum Gasteiger partial charge on any atom is 0.162 e.